The van der Waals surface area contributed by atoms with Crippen molar-refractivity contribution in [2.45, 2.75) is 361 Å². The van der Waals surface area contributed by atoms with Crippen molar-refractivity contribution in [3.05, 3.63) is 36.5 Å². The first kappa shape index (κ1) is 70.6. The Hall–Kier alpha value is -2.37. The average molecular weight is 1030 g/mol. The second-order valence-electron chi connectivity index (χ2n) is 22.0. The summed E-state index contributed by atoms with van der Waals surface area (Å²) < 4.78 is 16.9. The molecule has 0 aliphatic heterocycles. The quantitative estimate of drug-likeness (QED) is 0.0261. The number of carbonyl (C=O) groups excluding carboxylic acids is 3. The third kappa shape index (κ3) is 60.4. The van der Waals surface area contributed by atoms with E-state index in [9.17, 15) is 14.4 Å². The fourth-order valence-electron chi connectivity index (χ4n) is 9.67. The minimum Gasteiger partial charge on any atom is -0.462 e. The van der Waals surface area contributed by atoms with Gasteiger partial charge in [0.2, 0.25) is 0 Å². The summed E-state index contributed by atoms with van der Waals surface area (Å²) in [6.45, 7) is 6.66. The van der Waals surface area contributed by atoms with E-state index < -0.39 is 6.10 Å². The van der Waals surface area contributed by atoms with Crippen molar-refractivity contribution in [3.8, 4) is 0 Å². The van der Waals surface area contributed by atoms with Crippen LogP contribution in [-0.4, -0.2) is 37.2 Å². The molecule has 0 aromatic carbocycles. The van der Waals surface area contributed by atoms with Crippen molar-refractivity contribution in [3.63, 3.8) is 0 Å². The van der Waals surface area contributed by atoms with E-state index >= 15 is 0 Å². The number of rotatable bonds is 60. The first-order valence-electron chi connectivity index (χ1n) is 32.5. The molecule has 0 saturated heterocycles. The van der Waals surface area contributed by atoms with Crippen LogP contribution in [0.15, 0.2) is 36.5 Å². The van der Waals surface area contributed by atoms with E-state index in [0.717, 1.165) is 70.6 Å². The van der Waals surface area contributed by atoms with E-state index in [0.29, 0.717) is 19.3 Å². The van der Waals surface area contributed by atoms with Crippen molar-refractivity contribution in [1.29, 1.82) is 0 Å². The highest BCUT2D eigenvalue weighted by atomic mass is 16.6. The normalized spacial score (nSPS) is 12.2. The van der Waals surface area contributed by atoms with Crippen LogP contribution in [0.25, 0.3) is 0 Å². The summed E-state index contributed by atoms with van der Waals surface area (Å²) in [6.07, 6.45) is 75.9. The van der Waals surface area contributed by atoms with Crippen molar-refractivity contribution in [2.75, 3.05) is 13.2 Å². The molecule has 0 saturated carbocycles. The molecule has 0 heterocycles. The maximum atomic E-state index is 12.9. The van der Waals surface area contributed by atoms with E-state index in [1.54, 1.807) is 0 Å². The topological polar surface area (TPSA) is 78.9 Å². The van der Waals surface area contributed by atoms with Gasteiger partial charge in [-0.25, -0.2) is 0 Å². The van der Waals surface area contributed by atoms with Gasteiger partial charge in [-0.1, -0.05) is 276 Å². The van der Waals surface area contributed by atoms with Gasteiger partial charge in [-0.15, -0.1) is 0 Å². The van der Waals surface area contributed by atoms with Crippen LogP contribution in [0, 0.1) is 0 Å². The Labute approximate surface area is 455 Å². The highest BCUT2D eigenvalue weighted by Gasteiger charge is 2.19. The van der Waals surface area contributed by atoms with Crippen LogP contribution < -0.4 is 0 Å². The minimum atomic E-state index is -0.778. The number of ether oxygens (including phenoxy) is 3. The van der Waals surface area contributed by atoms with Gasteiger partial charge in [0, 0.05) is 19.3 Å². The molecule has 6 nitrogen and oxygen atoms in total. The van der Waals surface area contributed by atoms with Gasteiger partial charge < -0.3 is 14.2 Å². The summed E-state index contributed by atoms with van der Waals surface area (Å²) >= 11 is 0. The molecule has 0 bridgehead atoms. The molecule has 0 aromatic rings. The molecule has 0 aromatic heterocycles. The Morgan fingerprint density at radius 1 is 0.260 bits per heavy atom. The van der Waals surface area contributed by atoms with Crippen molar-refractivity contribution in [2.24, 2.45) is 0 Å². The molecule has 1 unspecified atom stereocenters. The highest BCUT2D eigenvalue weighted by molar-refractivity contribution is 5.71. The van der Waals surface area contributed by atoms with Gasteiger partial charge in [-0.2, -0.15) is 0 Å². The van der Waals surface area contributed by atoms with E-state index in [-0.39, 0.29) is 31.1 Å². The molecule has 0 spiro atoms. The number of carbonyl (C=O) groups is 3. The van der Waals surface area contributed by atoms with Crippen molar-refractivity contribution < 1.29 is 28.6 Å². The molecule has 0 rings (SSSR count). The summed E-state index contributed by atoms with van der Waals surface area (Å²) in [6, 6.07) is 0. The molecular formula is C67H124O6. The Morgan fingerprint density at radius 2 is 0.452 bits per heavy atom. The summed E-state index contributed by atoms with van der Waals surface area (Å²) in [4.78, 5) is 38.2. The predicted molar refractivity (Wildman–Crippen MR) is 316 cm³/mol. The summed E-state index contributed by atoms with van der Waals surface area (Å²) in [5, 5.41) is 0. The van der Waals surface area contributed by atoms with Crippen LogP contribution in [0.1, 0.15) is 355 Å². The van der Waals surface area contributed by atoms with Crippen LogP contribution in [-0.2, 0) is 28.6 Å². The first-order chi connectivity index (χ1) is 36.0. The smallest absolute Gasteiger partial charge is 0.306 e. The largest absolute Gasteiger partial charge is 0.462 e. The fraction of sp³-hybridized carbons (Fsp3) is 0.866. The molecule has 73 heavy (non-hydrogen) atoms. The number of esters is 3. The van der Waals surface area contributed by atoms with E-state index in [1.165, 1.54) is 244 Å². The second-order valence-corrected chi connectivity index (χ2v) is 22.0. The maximum absolute atomic E-state index is 12.9. The van der Waals surface area contributed by atoms with Crippen LogP contribution in [0.5, 0.6) is 0 Å². The molecular weight excluding hydrogens is 901 g/mol. The van der Waals surface area contributed by atoms with E-state index in [4.69, 9.17) is 14.2 Å². The third-order valence-corrected chi connectivity index (χ3v) is 14.6. The highest BCUT2D eigenvalue weighted by Crippen LogP contribution is 2.17. The molecule has 1 atom stereocenters. The lowest BCUT2D eigenvalue weighted by Crippen LogP contribution is -2.30. The van der Waals surface area contributed by atoms with Gasteiger partial charge in [0.05, 0.1) is 0 Å². The van der Waals surface area contributed by atoms with Gasteiger partial charge >= 0.3 is 17.9 Å². The standard InChI is InChI=1S/C67H124O6/c1-4-7-10-13-16-19-22-25-28-29-30-31-32-33-34-35-36-37-38-39-40-43-45-48-51-54-57-60-66(69)72-63-64(73-67(70)61-58-55-52-49-46-42-27-24-21-18-15-12-9-6-3)62-71-65(68)59-56-53-50-47-44-41-26-23-20-17-14-11-8-5-2/h23-24,26-27,29-30,64H,4-22,25,28,31-63H2,1-3H3/b26-23-,27-24-,30-29-. The van der Waals surface area contributed by atoms with Crippen LogP contribution in [0.3, 0.4) is 0 Å². The molecule has 0 radical (unpaired) electrons. The lowest BCUT2D eigenvalue weighted by atomic mass is 10.0. The molecule has 428 valence electrons. The average Bonchev–Trinajstić information content (AvgIpc) is 3.39. The van der Waals surface area contributed by atoms with Gasteiger partial charge in [0.1, 0.15) is 13.2 Å². The predicted octanol–water partition coefficient (Wildman–Crippen LogP) is 22.0. The molecule has 0 amide bonds. The zero-order chi connectivity index (χ0) is 52.9. The summed E-state index contributed by atoms with van der Waals surface area (Å²) in [7, 11) is 0. The first-order valence-corrected chi connectivity index (χ1v) is 32.5. The Morgan fingerprint density at radius 3 is 0.685 bits per heavy atom. The van der Waals surface area contributed by atoms with Gasteiger partial charge in [-0.3, -0.25) is 14.4 Å². The molecule has 0 N–H and O–H groups in total. The Bertz CT molecular complexity index is 1220. The number of hydrogen-bond acceptors (Lipinski definition) is 6. The van der Waals surface area contributed by atoms with Crippen LogP contribution in [0.2, 0.25) is 0 Å². The van der Waals surface area contributed by atoms with Gasteiger partial charge in [0.15, 0.2) is 6.10 Å². The zero-order valence-electron chi connectivity index (χ0n) is 49.2. The minimum absolute atomic E-state index is 0.0747. The third-order valence-electron chi connectivity index (χ3n) is 14.6. The molecule has 0 fully saturated rings. The molecule has 6 heteroatoms. The van der Waals surface area contributed by atoms with Crippen molar-refractivity contribution in [1.82, 2.24) is 0 Å². The fourth-order valence-corrected chi connectivity index (χ4v) is 9.67. The van der Waals surface area contributed by atoms with Crippen LogP contribution >= 0.6 is 0 Å². The SMILES string of the molecule is CCCCCCC/C=C\CCCCCCCC(=O)OCC(COC(=O)CCCCCCCCCCCCCCCCC/C=C\CCCCCCCCCC)OC(=O)CCCCCCC/C=C\CCCCCCC. The van der Waals surface area contributed by atoms with E-state index in [1.807, 2.05) is 0 Å². The molecule has 0 aliphatic rings. The van der Waals surface area contributed by atoms with Gasteiger partial charge in [0.25, 0.3) is 0 Å². The van der Waals surface area contributed by atoms with Gasteiger partial charge in [-0.05, 0) is 96.3 Å². The number of unbranched alkanes of at least 4 members (excludes halogenated alkanes) is 43. The molecule has 0 aliphatic carbocycles. The number of hydrogen-bond donors (Lipinski definition) is 0. The summed E-state index contributed by atoms with van der Waals surface area (Å²) in [5.74, 6) is -0.872. The zero-order valence-corrected chi connectivity index (χ0v) is 49.2. The maximum Gasteiger partial charge on any atom is 0.306 e. The van der Waals surface area contributed by atoms with Crippen LogP contribution in [0.4, 0.5) is 0 Å². The number of allylic oxidation sites excluding steroid dienone is 6. The Kier molecular flexibility index (Phi) is 60.2. The Balaban J connectivity index is 4.20. The monoisotopic (exact) mass is 1020 g/mol. The van der Waals surface area contributed by atoms with E-state index in [2.05, 4.69) is 57.2 Å². The second kappa shape index (κ2) is 62.2. The lowest BCUT2D eigenvalue weighted by Gasteiger charge is -2.18. The summed E-state index contributed by atoms with van der Waals surface area (Å²) in [5.41, 5.74) is 0. The van der Waals surface area contributed by atoms with Crippen molar-refractivity contribution >= 4 is 17.9 Å². The lowest BCUT2D eigenvalue weighted by molar-refractivity contribution is -0.167.